The number of aryl methyl sites for hydroxylation is 1. The van der Waals surface area contributed by atoms with Crippen LogP contribution in [0.5, 0.6) is 0 Å². The molecule has 4 rings (SSSR count). The van der Waals surface area contributed by atoms with Gasteiger partial charge in [0.05, 0.1) is 5.69 Å². The van der Waals surface area contributed by atoms with E-state index in [0.29, 0.717) is 5.41 Å². The number of anilines is 2. The average Bonchev–Trinajstić information content (AvgIpc) is 2.82. The van der Waals surface area contributed by atoms with Gasteiger partial charge < -0.3 is 9.80 Å². The summed E-state index contributed by atoms with van der Waals surface area (Å²) in [5, 5.41) is 8.53. The highest BCUT2D eigenvalue weighted by Crippen LogP contribution is 2.46. The summed E-state index contributed by atoms with van der Waals surface area (Å²) in [6, 6.07) is 13.0. The van der Waals surface area contributed by atoms with Gasteiger partial charge >= 0.3 is 0 Å². The summed E-state index contributed by atoms with van der Waals surface area (Å²) in [5.41, 5.74) is 4.24. The van der Waals surface area contributed by atoms with E-state index in [-0.39, 0.29) is 0 Å². The molecule has 1 aromatic heterocycles. The third-order valence-corrected chi connectivity index (χ3v) is 5.25. The van der Waals surface area contributed by atoms with Gasteiger partial charge in [-0.1, -0.05) is 18.2 Å². The van der Waals surface area contributed by atoms with Gasteiger partial charge in [-0.25, -0.2) is 0 Å². The predicted octanol–water partition coefficient (Wildman–Crippen LogP) is 2.77. The highest BCUT2D eigenvalue weighted by molar-refractivity contribution is 5.62. The van der Waals surface area contributed by atoms with E-state index < -0.39 is 0 Å². The van der Waals surface area contributed by atoms with Gasteiger partial charge in [0.1, 0.15) is 0 Å². The first kappa shape index (κ1) is 13.6. The molecule has 22 heavy (non-hydrogen) atoms. The smallest absolute Gasteiger partial charge is 0.151 e. The van der Waals surface area contributed by atoms with E-state index in [4.69, 9.17) is 0 Å². The number of benzene rings is 1. The van der Waals surface area contributed by atoms with Crippen LogP contribution in [0.15, 0.2) is 36.4 Å². The lowest BCUT2D eigenvalue weighted by molar-refractivity contribution is 0.352. The Morgan fingerprint density at radius 2 is 1.77 bits per heavy atom. The Bertz CT molecular complexity index is 672. The molecule has 0 radical (unpaired) electrons. The van der Waals surface area contributed by atoms with Crippen molar-refractivity contribution in [1.29, 1.82) is 0 Å². The number of nitrogens with zero attached hydrogens (tertiary/aromatic N) is 4. The largest absolute Gasteiger partial charge is 0.373 e. The number of piperidine rings is 1. The summed E-state index contributed by atoms with van der Waals surface area (Å²) in [5.74, 6) is 1.01. The SMILES string of the molecule is Cc1ccc(N2CCC3(CC2)CN(C)c2ccccc23)nn1. The molecule has 0 unspecified atom stereocenters. The maximum absolute atomic E-state index is 4.34. The van der Waals surface area contributed by atoms with E-state index in [0.717, 1.165) is 31.1 Å². The summed E-state index contributed by atoms with van der Waals surface area (Å²) in [6.45, 7) is 5.23. The van der Waals surface area contributed by atoms with Crippen LogP contribution in [0.25, 0.3) is 0 Å². The average molecular weight is 294 g/mol. The summed E-state index contributed by atoms with van der Waals surface area (Å²) >= 11 is 0. The molecule has 2 aliphatic rings. The number of rotatable bonds is 1. The minimum Gasteiger partial charge on any atom is -0.373 e. The van der Waals surface area contributed by atoms with Crippen LogP contribution < -0.4 is 9.80 Å². The van der Waals surface area contributed by atoms with Gasteiger partial charge in [0, 0.05) is 37.8 Å². The van der Waals surface area contributed by atoms with Gasteiger partial charge in [-0.15, -0.1) is 5.10 Å². The first-order chi connectivity index (χ1) is 10.7. The lowest BCUT2D eigenvalue weighted by atomic mass is 9.74. The van der Waals surface area contributed by atoms with Gasteiger partial charge in [-0.3, -0.25) is 0 Å². The van der Waals surface area contributed by atoms with Gasteiger partial charge in [-0.05, 0) is 43.5 Å². The fourth-order valence-electron chi connectivity index (χ4n) is 4.03. The molecule has 1 spiro atoms. The van der Waals surface area contributed by atoms with E-state index in [1.807, 2.05) is 13.0 Å². The molecule has 0 N–H and O–H groups in total. The second kappa shape index (κ2) is 4.97. The van der Waals surface area contributed by atoms with Crippen molar-refractivity contribution in [2.75, 3.05) is 36.5 Å². The molecule has 1 fully saturated rings. The van der Waals surface area contributed by atoms with Crippen LogP contribution >= 0.6 is 0 Å². The lowest BCUT2D eigenvalue weighted by Crippen LogP contribution is -2.45. The van der Waals surface area contributed by atoms with Gasteiger partial charge in [0.15, 0.2) is 5.82 Å². The lowest BCUT2D eigenvalue weighted by Gasteiger charge is -2.40. The van der Waals surface area contributed by atoms with Crippen LogP contribution in [-0.4, -0.2) is 36.9 Å². The Hall–Kier alpha value is -2.10. The molecule has 0 atom stereocenters. The fourth-order valence-corrected chi connectivity index (χ4v) is 4.03. The monoisotopic (exact) mass is 294 g/mol. The number of aromatic nitrogens is 2. The van der Waals surface area contributed by atoms with Crippen LogP contribution in [0, 0.1) is 6.92 Å². The van der Waals surface area contributed by atoms with E-state index in [2.05, 4.69) is 57.4 Å². The Morgan fingerprint density at radius 1 is 1.00 bits per heavy atom. The summed E-state index contributed by atoms with van der Waals surface area (Å²) in [4.78, 5) is 4.79. The minimum absolute atomic E-state index is 0.319. The van der Waals surface area contributed by atoms with Gasteiger partial charge in [0.25, 0.3) is 0 Å². The summed E-state index contributed by atoms with van der Waals surface area (Å²) < 4.78 is 0. The maximum atomic E-state index is 4.34. The second-order valence-corrected chi connectivity index (χ2v) is 6.67. The quantitative estimate of drug-likeness (QED) is 0.809. The van der Waals surface area contributed by atoms with Crippen LogP contribution in [0.2, 0.25) is 0 Å². The van der Waals surface area contributed by atoms with Crippen molar-refractivity contribution < 1.29 is 0 Å². The molecule has 3 heterocycles. The van der Waals surface area contributed by atoms with Crippen LogP contribution in [0.4, 0.5) is 11.5 Å². The first-order valence-corrected chi connectivity index (χ1v) is 8.04. The van der Waals surface area contributed by atoms with Crippen LogP contribution in [0.3, 0.4) is 0 Å². The Labute approximate surface area is 131 Å². The van der Waals surface area contributed by atoms with Crippen LogP contribution in [-0.2, 0) is 5.41 Å². The third-order valence-electron chi connectivity index (χ3n) is 5.25. The topological polar surface area (TPSA) is 32.3 Å². The zero-order chi connectivity index (χ0) is 15.2. The molecule has 0 saturated carbocycles. The van der Waals surface area contributed by atoms with Crippen molar-refractivity contribution >= 4 is 11.5 Å². The molecular formula is C18H22N4. The van der Waals surface area contributed by atoms with Crippen molar-refractivity contribution in [3.05, 3.63) is 47.7 Å². The molecule has 2 aromatic rings. The minimum atomic E-state index is 0.319. The van der Waals surface area contributed by atoms with Crippen molar-refractivity contribution in [2.45, 2.75) is 25.2 Å². The molecule has 0 amide bonds. The molecule has 1 saturated heterocycles. The van der Waals surface area contributed by atoms with E-state index >= 15 is 0 Å². The highest BCUT2D eigenvalue weighted by Gasteiger charge is 2.43. The zero-order valence-electron chi connectivity index (χ0n) is 13.3. The van der Waals surface area contributed by atoms with E-state index in [9.17, 15) is 0 Å². The molecule has 4 nitrogen and oxygen atoms in total. The summed E-state index contributed by atoms with van der Waals surface area (Å²) in [6.07, 6.45) is 2.37. The Morgan fingerprint density at radius 3 is 2.50 bits per heavy atom. The standard InChI is InChI=1S/C18H22N4/c1-14-7-8-17(20-19-14)22-11-9-18(10-12-22)13-21(2)16-6-4-3-5-15(16)18/h3-8H,9-13H2,1-2H3. The summed E-state index contributed by atoms with van der Waals surface area (Å²) in [7, 11) is 2.21. The molecule has 4 heteroatoms. The van der Waals surface area contributed by atoms with Crippen LogP contribution in [0.1, 0.15) is 24.1 Å². The second-order valence-electron chi connectivity index (χ2n) is 6.67. The molecule has 0 bridgehead atoms. The van der Waals surface area contributed by atoms with E-state index in [1.165, 1.54) is 24.1 Å². The normalized spacial score (nSPS) is 19.5. The fraction of sp³-hybridized carbons (Fsp3) is 0.444. The molecular weight excluding hydrogens is 272 g/mol. The predicted molar refractivity (Wildman–Crippen MR) is 89.6 cm³/mol. The molecule has 114 valence electrons. The molecule has 2 aliphatic heterocycles. The van der Waals surface area contributed by atoms with Crippen molar-refractivity contribution in [3.63, 3.8) is 0 Å². The third kappa shape index (κ3) is 2.05. The van der Waals surface area contributed by atoms with E-state index in [1.54, 1.807) is 0 Å². The molecule has 0 aliphatic carbocycles. The number of para-hydroxylation sites is 1. The van der Waals surface area contributed by atoms with Gasteiger partial charge in [0.2, 0.25) is 0 Å². The van der Waals surface area contributed by atoms with Crippen molar-refractivity contribution in [2.24, 2.45) is 0 Å². The number of hydrogen-bond donors (Lipinski definition) is 0. The maximum Gasteiger partial charge on any atom is 0.151 e. The zero-order valence-corrected chi connectivity index (χ0v) is 13.3. The number of likely N-dealkylation sites (N-methyl/N-ethyl adjacent to an activating group) is 1. The molecule has 1 aromatic carbocycles. The number of hydrogen-bond acceptors (Lipinski definition) is 4. The first-order valence-electron chi connectivity index (χ1n) is 8.04. The Balaban J connectivity index is 1.56. The van der Waals surface area contributed by atoms with Crippen molar-refractivity contribution in [1.82, 2.24) is 10.2 Å². The Kier molecular flexibility index (Phi) is 3.06. The highest BCUT2D eigenvalue weighted by atomic mass is 15.3. The van der Waals surface area contributed by atoms with Gasteiger partial charge in [-0.2, -0.15) is 5.10 Å². The van der Waals surface area contributed by atoms with Crippen molar-refractivity contribution in [3.8, 4) is 0 Å². The number of fused-ring (bicyclic) bond motifs is 2.